The molecule has 1 aliphatic rings. The summed E-state index contributed by atoms with van der Waals surface area (Å²) in [5.41, 5.74) is 4.44. The van der Waals surface area contributed by atoms with Gasteiger partial charge in [-0.2, -0.15) is 0 Å². The lowest BCUT2D eigenvalue weighted by Crippen LogP contribution is -2.40. The third kappa shape index (κ3) is 5.60. The summed E-state index contributed by atoms with van der Waals surface area (Å²) in [7, 11) is 5.82. The number of nitrogens with one attached hydrogen (secondary N) is 3. The van der Waals surface area contributed by atoms with Crippen molar-refractivity contribution in [3.05, 3.63) is 59.7 Å². The first-order valence-electron chi connectivity index (χ1n) is 9.16. The first-order valence-corrected chi connectivity index (χ1v) is 9.16. The third-order valence-corrected chi connectivity index (χ3v) is 4.76. The zero-order chi connectivity index (χ0) is 19.2. The standard InChI is InChI=1S/C21H27N5O.HI/c1-22-21(23-13-15-8-10-17(11-9-15)26(2)3)24-14-16-12-20(27)25-19-7-5-4-6-18(16)19;/h4-11,16H,12-14H2,1-3H3,(H,25,27)(H2,22,23,24);1H. The second-order valence-corrected chi connectivity index (χ2v) is 6.90. The van der Waals surface area contributed by atoms with E-state index in [4.69, 9.17) is 0 Å². The zero-order valence-corrected chi connectivity index (χ0v) is 18.9. The number of rotatable bonds is 5. The number of halogens is 1. The Bertz CT molecular complexity index is 820. The molecular weight excluding hydrogens is 465 g/mol. The minimum atomic E-state index is 0. The number of amides is 1. The van der Waals surface area contributed by atoms with E-state index in [1.165, 1.54) is 16.8 Å². The van der Waals surface area contributed by atoms with E-state index in [2.05, 4.69) is 56.2 Å². The summed E-state index contributed by atoms with van der Waals surface area (Å²) in [6.45, 7) is 1.35. The van der Waals surface area contributed by atoms with Crippen LogP contribution in [0.2, 0.25) is 0 Å². The number of guanidine groups is 1. The summed E-state index contributed by atoms with van der Waals surface area (Å²) in [5.74, 6) is 0.924. The Kier molecular flexibility index (Phi) is 8.10. The summed E-state index contributed by atoms with van der Waals surface area (Å²) in [5, 5.41) is 9.62. The molecule has 3 N–H and O–H groups in total. The second kappa shape index (κ2) is 10.3. The van der Waals surface area contributed by atoms with E-state index in [9.17, 15) is 4.79 Å². The Morgan fingerprint density at radius 2 is 1.86 bits per heavy atom. The lowest BCUT2D eigenvalue weighted by atomic mass is 9.90. The molecule has 150 valence electrons. The van der Waals surface area contributed by atoms with E-state index in [1.807, 2.05) is 32.3 Å². The highest BCUT2D eigenvalue weighted by molar-refractivity contribution is 14.0. The van der Waals surface area contributed by atoms with Crippen molar-refractivity contribution < 1.29 is 4.79 Å². The molecule has 6 nitrogen and oxygen atoms in total. The van der Waals surface area contributed by atoms with Crippen LogP contribution in [0, 0.1) is 0 Å². The molecule has 1 aliphatic heterocycles. The Balaban J connectivity index is 0.00000280. The highest BCUT2D eigenvalue weighted by Crippen LogP contribution is 2.31. The van der Waals surface area contributed by atoms with Gasteiger partial charge in [0.15, 0.2) is 5.96 Å². The van der Waals surface area contributed by atoms with E-state index in [0.717, 1.165) is 11.6 Å². The van der Waals surface area contributed by atoms with E-state index in [-0.39, 0.29) is 35.8 Å². The normalized spacial score (nSPS) is 15.8. The molecule has 0 spiro atoms. The van der Waals surface area contributed by atoms with Crippen LogP contribution >= 0.6 is 24.0 Å². The molecule has 0 bridgehead atoms. The molecule has 0 saturated carbocycles. The molecule has 2 aromatic rings. The fourth-order valence-corrected chi connectivity index (χ4v) is 3.22. The Morgan fingerprint density at radius 1 is 1.14 bits per heavy atom. The van der Waals surface area contributed by atoms with Crippen molar-refractivity contribution >= 4 is 47.2 Å². The van der Waals surface area contributed by atoms with Gasteiger partial charge < -0.3 is 20.9 Å². The minimum absolute atomic E-state index is 0. The quantitative estimate of drug-likeness (QED) is 0.340. The van der Waals surface area contributed by atoms with E-state index in [1.54, 1.807) is 7.05 Å². The second-order valence-electron chi connectivity index (χ2n) is 6.90. The van der Waals surface area contributed by atoms with Gasteiger partial charge in [0.05, 0.1) is 0 Å². The predicted molar refractivity (Wildman–Crippen MR) is 127 cm³/mol. The van der Waals surface area contributed by atoms with Gasteiger partial charge in [-0.3, -0.25) is 9.79 Å². The molecular formula is C21H28IN5O. The maximum absolute atomic E-state index is 11.9. The summed E-state index contributed by atoms with van der Waals surface area (Å²) in [4.78, 5) is 18.3. The van der Waals surface area contributed by atoms with Crippen molar-refractivity contribution in [2.75, 3.05) is 37.9 Å². The van der Waals surface area contributed by atoms with Gasteiger partial charge in [-0.25, -0.2) is 0 Å². The number of hydrogen-bond acceptors (Lipinski definition) is 3. The number of carbonyl (C=O) groups is 1. The number of hydrogen-bond donors (Lipinski definition) is 3. The van der Waals surface area contributed by atoms with Gasteiger partial charge in [0.2, 0.25) is 5.91 Å². The van der Waals surface area contributed by atoms with Crippen molar-refractivity contribution in [2.45, 2.75) is 18.9 Å². The molecule has 1 atom stereocenters. The number of anilines is 2. The van der Waals surface area contributed by atoms with Crippen molar-refractivity contribution in [2.24, 2.45) is 4.99 Å². The maximum Gasteiger partial charge on any atom is 0.225 e. The monoisotopic (exact) mass is 493 g/mol. The van der Waals surface area contributed by atoms with E-state index < -0.39 is 0 Å². The average Bonchev–Trinajstić information content (AvgIpc) is 2.68. The van der Waals surface area contributed by atoms with Crippen LogP contribution in [0.15, 0.2) is 53.5 Å². The maximum atomic E-state index is 11.9. The first-order chi connectivity index (χ1) is 13.1. The lowest BCUT2D eigenvalue weighted by molar-refractivity contribution is -0.116. The Labute approximate surface area is 183 Å². The highest BCUT2D eigenvalue weighted by Gasteiger charge is 2.24. The molecule has 7 heteroatoms. The molecule has 1 amide bonds. The number of fused-ring (bicyclic) bond motifs is 1. The molecule has 1 unspecified atom stereocenters. The van der Waals surface area contributed by atoms with Crippen LogP contribution in [-0.4, -0.2) is 39.6 Å². The van der Waals surface area contributed by atoms with E-state index in [0.29, 0.717) is 19.5 Å². The van der Waals surface area contributed by atoms with Gasteiger partial charge in [-0.15, -0.1) is 24.0 Å². The number of aliphatic imine (C=N–C) groups is 1. The van der Waals surface area contributed by atoms with Crippen molar-refractivity contribution in [1.82, 2.24) is 10.6 Å². The topological polar surface area (TPSA) is 68.8 Å². The first kappa shape index (κ1) is 22.0. The molecule has 0 fully saturated rings. The minimum Gasteiger partial charge on any atom is -0.378 e. The van der Waals surface area contributed by atoms with Crippen LogP contribution in [0.4, 0.5) is 11.4 Å². The zero-order valence-electron chi connectivity index (χ0n) is 16.5. The van der Waals surface area contributed by atoms with Crippen LogP contribution in [0.25, 0.3) is 0 Å². The van der Waals surface area contributed by atoms with Gasteiger partial charge >= 0.3 is 0 Å². The van der Waals surface area contributed by atoms with Gasteiger partial charge in [0.25, 0.3) is 0 Å². The lowest BCUT2D eigenvalue weighted by Gasteiger charge is -2.26. The Hall–Kier alpha value is -2.29. The molecule has 3 rings (SSSR count). The van der Waals surface area contributed by atoms with Crippen molar-refractivity contribution in [1.29, 1.82) is 0 Å². The van der Waals surface area contributed by atoms with Gasteiger partial charge in [-0.05, 0) is 29.3 Å². The van der Waals surface area contributed by atoms with Crippen LogP contribution in [-0.2, 0) is 11.3 Å². The fourth-order valence-electron chi connectivity index (χ4n) is 3.22. The summed E-state index contributed by atoms with van der Waals surface area (Å²) in [6.07, 6.45) is 0.479. The van der Waals surface area contributed by atoms with Crippen molar-refractivity contribution in [3.63, 3.8) is 0 Å². The number of para-hydroxylation sites is 1. The molecule has 28 heavy (non-hydrogen) atoms. The van der Waals surface area contributed by atoms with Crippen LogP contribution in [0.5, 0.6) is 0 Å². The number of benzene rings is 2. The smallest absolute Gasteiger partial charge is 0.225 e. The molecule has 0 radical (unpaired) electrons. The highest BCUT2D eigenvalue weighted by atomic mass is 127. The average molecular weight is 493 g/mol. The van der Waals surface area contributed by atoms with E-state index >= 15 is 0 Å². The predicted octanol–water partition coefficient (Wildman–Crippen LogP) is 3.16. The fraction of sp³-hybridized carbons (Fsp3) is 0.333. The molecule has 0 saturated heterocycles. The SMILES string of the molecule is CN=C(NCc1ccc(N(C)C)cc1)NCC1CC(=O)Nc2ccccc21.I. The van der Waals surface area contributed by atoms with Crippen LogP contribution in [0.1, 0.15) is 23.5 Å². The Morgan fingerprint density at radius 3 is 2.54 bits per heavy atom. The van der Waals surface area contributed by atoms with Crippen LogP contribution < -0.4 is 20.9 Å². The van der Waals surface area contributed by atoms with Crippen LogP contribution in [0.3, 0.4) is 0 Å². The van der Waals surface area contributed by atoms with Gasteiger partial charge in [0, 0.05) is 57.9 Å². The van der Waals surface area contributed by atoms with Gasteiger partial charge in [0.1, 0.15) is 0 Å². The largest absolute Gasteiger partial charge is 0.378 e. The summed E-state index contributed by atoms with van der Waals surface area (Å²) >= 11 is 0. The molecule has 0 aromatic heterocycles. The number of carbonyl (C=O) groups excluding carboxylic acids is 1. The number of nitrogens with zero attached hydrogens (tertiary/aromatic N) is 2. The molecule has 1 heterocycles. The molecule has 2 aromatic carbocycles. The summed E-state index contributed by atoms with van der Waals surface area (Å²) in [6, 6.07) is 16.4. The summed E-state index contributed by atoms with van der Waals surface area (Å²) < 4.78 is 0. The van der Waals surface area contributed by atoms with Crippen molar-refractivity contribution in [3.8, 4) is 0 Å². The molecule has 0 aliphatic carbocycles. The van der Waals surface area contributed by atoms with Gasteiger partial charge in [-0.1, -0.05) is 30.3 Å². The third-order valence-electron chi connectivity index (χ3n) is 4.76.